The molecule has 29 heavy (non-hydrogen) atoms. The molecule has 2 aromatic rings. The Morgan fingerprint density at radius 3 is 2.28 bits per heavy atom. The van der Waals surface area contributed by atoms with Gasteiger partial charge >= 0.3 is 0 Å². The van der Waals surface area contributed by atoms with E-state index in [1.165, 1.54) is 37.1 Å². The maximum Gasteiger partial charge on any atom is 0.225 e. The van der Waals surface area contributed by atoms with Gasteiger partial charge in [0.05, 0.1) is 0 Å². The minimum absolute atomic E-state index is 0.756. The highest BCUT2D eigenvalue weighted by Crippen LogP contribution is 2.22. The Kier molecular flexibility index (Phi) is 6.43. The topological polar surface area (TPSA) is 38.7 Å². The third-order valence-electron chi connectivity index (χ3n) is 6.20. The average Bonchev–Trinajstić information content (AvgIpc) is 2.74. The van der Waals surface area contributed by atoms with E-state index in [1.54, 1.807) is 0 Å². The molecule has 0 N–H and O–H groups in total. The van der Waals surface area contributed by atoms with Crippen LogP contribution in [-0.2, 0) is 6.54 Å². The van der Waals surface area contributed by atoms with Crippen molar-refractivity contribution in [1.82, 2.24) is 24.7 Å². The van der Waals surface area contributed by atoms with Crippen LogP contribution in [0.25, 0.3) is 11.1 Å². The third-order valence-corrected chi connectivity index (χ3v) is 6.20. The minimum atomic E-state index is 0.756. The Hall–Kier alpha value is -2.02. The molecule has 0 radical (unpaired) electrons. The number of benzene rings is 1. The molecule has 0 spiro atoms. The Bertz CT molecular complexity index is 774. The summed E-state index contributed by atoms with van der Waals surface area (Å²) in [5.41, 5.74) is 3.57. The quantitative estimate of drug-likeness (QED) is 0.776. The van der Waals surface area contributed by atoms with Gasteiger partial charge < -0.3 is 14.7 Å². The molecule has 2 fully saturated rings. The summed E-state index contributed by atoms with van der Waals surface area (Å²) in [5.74, 6) is 0.862. The van der Waals surface area contributed by atoms with Crippen LogP contribution in [0.2, 0.25) is 0 Å². The number of likely N-dealkylation sites (tertiary alicyclic amines) is 1. The summed E-state index contributed by atoms with van der Waals surface area (Å²) in [7, 11) is 6.42. The number of nitrogens with zero attached hydrogens (tertiary/aromatic N) is 6. The zero-order chi connectivity index (χ0) is 20.2. The van der Waals surface area contributed by atoms with Crippen molar-refractivity contribution < 1.29 is 0 Å². The molecule has 4 rings (SSSR count). The molecule has 0 atom stereocenters. The van der Waals surface area contributed by atoms with Gasteiger partial charge in [0.25, 0.3) is 0 Å². The first-order chi connectivity index (χ1) is 14.1. The zero-order valence-electron chi connectivity index (χ0n) is 18.1. The van der Waals surface area contributed by atoms with Crippen molar-refractivity contribution in [3.8, 4) is 11.1 Å². The average molecular weight is 395 g/mol. The maximum atomic E-state index is 4.70. The molecule has 2 aliphatic heterocycles. The summed E-state index contributed by atoms with van der Waals surface area (Å²) in [5, 5.41) is 0. The van der Waals surface area contributed by atoms with Crippen LogP contribution in [0.15, 0.2) is 36.7 Å². The van der Waals surface area contributed by atoms with E-state index in [2.05, 4.69) is 65.0 Å². The Morgan fingerprint density at radius 2 is 1.62 bits per heavy atom. The van der Waals surface area contributed by atoms with Crippen molar-refractivity contribution in [1.29, 1.82) is 0 Å². The first-order valence-electron chi connectivity index (χ1n) is 10.8. The molecule has 1 aromatic carbocycles. The molecule has 0 saturated carbocycles. The van der Waals surface area contributed by atoms with E-state index >= 15 is 0 Å². The van der Waals surface area contributed by atoms with Crippen LogP contribution in [0.1, 0.15) is 18.4 Å². The second-order valence-corrected chi connectivity index (χ2v) is 8.77. The minimum Gasteiger partial charge on any atom is -0.338 e. The van der Waals surface area contributed by atoms with E-state index in [9.17, 15) is 0 Å². The van der Waals surface area contributed by atoms with Gasteiger partial charge in [-0.05, 0) is 64.3 Å². The molecule has 3 heterocycles. The lowest BCUT2D eigenvalue weighted by Crippen LogP contribution is -2.53. The Balaban J connectivity index is 1.35. The lowest BCUT2D eigenvalue weighted by Gasteiger charge is -2.42. The van der Waals surface area contributed by atoms with Crippen molar-refractivity contribution in [2.45, 2.75) is 25.4 Å². The van der Waals surface area contributed by atoms with Gasteiger partial charge in [0.2, 0.25) is 5.95 Å². The van der Waals surface area contributed by atoms with Crippen LogP contribution in [0.3, 0.4) is 0 Å². The van der Waals surface area contributed by atoms with E-state index in [0.29, 0.717) is 0 Å². The molecule has 2 aliphatic rings. The highest BCUT2D eigenvalue weighted by atomic mass is 15.3. The summed E-state index contributed by atoms with van der Waals surface area (Å²) in [6, 6.07) is 9.41. The van der Waals surface area contributed by atoms with Gasteiger partial charge in [-0.3, -0.25) is 4.90 Å². The monoisotopic (exact) mass is 394 g/mol. The number of rotatable bonds is 5. The molecular formula is C23H34N6. The summed E-state index contributed by atoms with van der Waals surface area (Å²) in [6.45, 7) is 7.66. The fourth-order valence-corrected chi connectivity index (χ4v) is 4.50. The molecule has 156 valence electrons. The van der Waals surface area contributed by atoms with Gasteiger partial charge in [-0.15, -0.1) is 0 Å². The van der Waals surface area contributed by atoms with Crippen LogP contribution in [-0.4, -0.2) is 91.1 Å². The van der Waals surface area contributed by atoms with Crippen LogP contribution >= 0.6 is 0 Å². The molecule has 6 heteroatoms. The van der Waals surface area contributed by atoms with Gasteiger partial charge in [-0.2, -0.15) is 0 Å². The number of piperazine rings is 1. The summed E-state index contributed by atoms with van der Waals surface area (Å²) >= 11 is 0. The van der Waals surface area contributed by atoms with Crippen LogP contribution in [0.4, 0.5) is 5.95 Å². The highest BCUT2D eigenvalue weighted by Gasteiger charge is 2.27. The standard InChI is InChI=1S/C23H34N6/c1-26(2)18-19-5-4-6-20(15-19)21-16-24-23(25-17-21)29-13-11-28(12-14-29)22-7-9-27(3)10-8-22/h4-6,15-17,22H,7-14,18H2,1-3H3. The van der Waals surface area contributed by atoms with E-state index in [4.69, 9.17) is 9.97 Å². The van der Waals surface area contributed by atoms with Crippen molar-refractivity contribution in [3.63, 3.8) is 0 Å². The van der Waals surface area contributed by atoms with Crippen molar-refractivity contribution in [2.75, 3.05) is 65.3 Å². The number of anilines is 1. The summed E-state index contributed by atoms with van der Waals surface area (Å²) in [6.07, 6.45) is 6.55. The SMILES string of the molecule is CN(C)Cc1cccc(-c2cnc(N3CCN(C4CCN(C)CC4)CC3)nc2)c1. The predicted octanol–water partition coefficient (Wildman–Crippen LogP) is 2.42. The first-order valence-corrected chi connectivity index (χ1v) is 10.8. The first kappa shape index (κ1) is 20.3. The van der Waals surface area contributed by atoms with E-state index in [1.807, 2.05) is 12.4 Å². The van der Waals surface area contributed by atoms with E-state index in [-0.39, 0.29) is 0 Å². The Morgan fingerprint density at radius 1 is 0.931 bits per heavy atom. The third kappa shape index (κ3) is 5.13. The normalized spacial score (nSPS) is 19.8. The maximum absolute atomic E-state index is 4.70. The largest absolute Gasteiger partial charge is 0.338 e. The van der Waals surface area contributed by atoms with Crippen molar-refractivity contribution >= 4 is 5.95 Å². The number of hydrogen-bond donors (Lipinski definition) is 0. The Labute approximate surface area is 175 Å². The predicted molar refractivity (Wildman–Crippen MR) is 119 cm³/mol. The lowest BCUT2D eigenvalue weighted by molar-refractivity contribution is 0.115. The smallest absolute Gasteiger partial charge is 0.225 e. The fraction of sp³-hybridized carbons (Fsp3) is 0.565. The van der Waals surface area contributed by atoms with Gasteiger partial charge in [-0.25, -0.2) is 9.97 Å². The zero-order valence-corrected chi connectivity index (χ0v) is 18.1. The number of hydrogen-bond acceptors (Lipinski definition) is 6. The summed E-state index contributed by atoms with van der Waals surface area (Å²) < 4.78 is 0. The van der Waals surface area contributed by atoms with Crippen LogP contribution in [0.5, 0.6) is 0 Å². The second kappa shape index (κ2) is 9.20. The molecule has 6 nitrogen and oxygen atoms in total. The van der Waals surface area contributed by atoms with Crippen molar-refractivity contribution in [3.05, 3.63) is 42.2 Å². The van der Waals surface area contributed by atoms with Crippen LogP contribution < -0.4 is 4.90 Å². The van der Waals surface area contributed by atoms with E-state index in [0.717, 1.165) is 50.3 Å². The van der Waals surface area contributed by atoms with E-state index < -0.39 is 0 Å². The molecule has 0 amide bonds. The van der Waals surface area contributed by atoms with Gasteiger partial charge in [-0.1, -0.05) is 18.2 Å². The van der Waals surface area contributed by atoms with Crippen LogP contribution in [0, 0.1) is 0 Å². The lowest BCUT2D eigenvalue weighted by atomic mass is 10.0. The number of piperidine rings is 1. The fourth-order valence-electron chi connectivity index (χ4n) is 4.50. The molecule has 0 unspecified atom stereocenters. The van der Waals surface area contributed by atoms with Gasteiger partial charge in [0, 0.05) is 56.7 Å². The highest BCUT2D eigenvalue weighted by molar-refractivity contribution is 5.63. The summed E-state index contributed by atoms with van der Waals surface area (Å²) in [4.78, 5) is 19.0. The molecule has 0 aliphatic carbocycles. The number of aromatic nitrogens is 2. The second-order valence-electron chi connectivity index (χ2n) is 8.77. The van der Waals surface area contributed by atoms with Gasteiger partial charge in [0.15, 0.2) is 0 Å². The van der Waals surface area contributed by atoms with Crippen molar-refractivity contribution in [2.24, 2.45) is 0 Å². The molecule has 0 bridgehead atoms. The molecular weight excluding hydrogens is 360 g/mol. The molecule has 1 aromatic heterocycles. The molecule has 2 saturated heterocycles. The van der Waals surface area contributed by atoms with Gasteiger partial charge in [0.1, 0.15) is 0 Å².